The van der Waals surface area contributed by atoms with E-state index in [4.69, 9.17) is 0 Å². The summed E-state index contributed by atoms with van der Waals surface area (Å²) in [5.74, 6) is 0. The normalized spacial score (nSPS) is 20.3. The van der Waals surface area contributed by atoms with Crippen molar-refractivity contribution in [2.24, 2.45) is 0 Å². The Hall–Kier alpha value is -1.86. The molecule has 0 fully saturated rings. The minimum atomic E-state index is 0.463. The lowest BCUT2D eigenvalue weighted by molar-refractivity contribution is 0.165. The summed E-state index contributed by atoms with van der Waals surface area (Å²) < 4.78 is 0. The first kappa shape index (κ1) is 14.1. The Labute approximate surface area is 127 Å². The zero-order chi connectivity index (χ0) is 14.5. The fourth-order valence-electron chi connectivity index (χ4n) is 3.20. The Morgan fingerprint density at radius 2 is 1.67 bits per heavy atom. The lowest BCUT2D eigenvalue weighted by Crippen LogP contribution is -2.40. The van der Waals surface area contributed by atoms with Crippen LogP contribution in [0.2, 0.25) is 0 Å². The molecule has 2 aromatic carbocycles. The molecule has 0 spiro atoms. The van der Waals surface area contributed by atoms with Crippen molar-refractivity contribution in [2.75, 3.05) is 6.54 Å². The van der Waals surface area contributed by atoms with Gasteiger partial charge in [0.25, 0.3) is 0 Å². The monoisotopic (exact) mass is 277 g/mol. The third-order valence-corrected chi connectivity index (χ3v) is 4.41. The van der Waals surface area contributed by atoms with E-state index in [1.165, 1.54) is 11.1 Å². The second-order valence-electron chi connectivity index (χ2n) is 5.80. The number of hydrogen-bond acceptors (Lipinski definition) is 1. The topological polar surface area (TPSA) is 3.24 Å². The van der Waals surface area contributed by atoms with E-state index in [9.17, 15) is 0 Å². The van der Waals surface area contributed by atoms with Gasteiger partial charge in [0.05, 0.1) is 0 Å². The van der Waals surface area contributed by atoms with Crippen molar-refractivity contribution >= 4 is 0 Å². The molecule has 1 aliphatic rings. The predicted molar refractivity (Wildman–Crippen MR) is 89.3 cm³/mol. The van der Waals surface area contributed by atoms with E-state index < -0.39 is 0 Å². The van der Waals surface area contributed by atoms with Crippen LogP contribution in [0.1, 0.15) is 30.5 Å². The third kappa shape index (κ3) is 3.43. The van der Waals surface area contributed by atoms with Gasteiger partial charge in [0.1, 0.15) is 0 Å². The van der Waals surface area contributed by atoms with Crippen LogP contribution >= 0.6 is 0 Å². The van der Waals surface area contributed by atoms with Crippen molar-refractivity contribution in [3.63, 3.8) is 0 Å². The Bertz CT molecular complexity index is 573. The molecule has 0 unspecified atom stereocenters. The van der Waals surface area contributed by atoms with Gasteiger partial charge in [-0.3, -0.25) is 4.90 Å². The van der Waals surface area contributed by atoms with Gasteiger partial charge in [0.2, 0.25) is 0 Å². The van der Waals surface area contributed by atoms with Crippen LogP contribution in [0.15, 0.2) is 72.8 Å². The molecule has 0 radical (unpaired) electrons. The Kier molecular flexibility index (Phi) is 4.52. The lowest BCUT2D eigenvalue weighted by atomic mass is 9.97. The van der Waals surface area contributed by atoms with E-state index >= 15 is 0 Å². The summed E-state index contributed by atoms with van der Waals surface area (Å²) in [6.07, 6.45) is 6.97. The molecule has 21 heavy (non-hydrogen) atoms. The van der Waals surface area contributed by atoms with Gasteiger partial charge < -0.3 is 0 Å². The molecular formula is C20H23N. The predicted octanol–water partition coefficient (Wildman–Crippen LogP) is 4.62. The van der Waals surface area contributed by atoms with Crippen LogP contribution in [0.25, 0.3) is 0 Å². The smallest absolute Gasteiger partial charge is 0.0326 e. The van der Waals surface area contributed by atoms with Gasteiger partial charge in [0.15, 0.2) is 0 Å². The molecule has 0 N–H and O–H groups in total. The number of rotatable bonds is 4. The molecule has 0 aromatic heterocycles. The second kappa shape index (κ2) is 6.73. The molecule has 1 heteroatoms. The Balaban J connectivity index is 1.78. The van der Waals surface area contributed by atoms with E-state index in [0.29, 0.717) is 12.1 Å². The van der Waals surface area contributed by atoms with E-state index in [1.54, 1.807) is 0 Å². The molecule has 1 aliphatic heterocycles. The van der Waals surface area contributed by atoms with Gasteiger partial charge in [-0.2, -0.15) is 0 Å². The van der Waals surface area contributed by atoms with Crippen molar-refractivity contribution in [1.82, 2.24) is 4.90 Å². The Morgan fingerprint density at radius 1 is 1.00 bits per heavy atom. The average molecular weight is 277 g/mol. The average Bonchev–Trinajstić information content (AvgIpc) is 2.56. The minimum Gasteiger partial charge on any atom is -0.290 e. The van der Waals surface area contributed by atoms with Crippen LogP contribution in [0.5, 0.6) is 0 Å². The zero-order valence-electron chi connectivity index (χ0n) is 12.7. The fourth-order valence-corrected chi connectivity index (χ4v) is 3.20. The largest absolute Gasteiger partial charge is 0.290 e. The van der Waals surface area contributed by atoms with Crippen molar-refractivity contribution in [3.05, 3.63) is 83.9 Å². The highest BCUT2D eigenvalue weighted by molar-refractivity contribution is 5.22. The van der Waals surface area contributed by atoms with Gasteiger partial charge in [0, 0.05) is 18.6 Å². The summed E-state index contributed by atoms with van der Waals surface area (Å²) in [4.78, 5) is 2.63. The van der Waals surface area contributed by atoms with E-state index in [2.05, 4.69) is 84.6 Å². The summed E-state index contributed by atoms with van der Waals surface area (Å²) in [6.45, 7) is 3.47. The summed E-state index contributed by atoms with van der Waals surface area (Å²) in [7, 11) is 0. The summed E-state index contributed by atoms with van der Waals surface area (Å²) >= 11 is 0. The third-order valence-electron chi connectivity index (χ3n) is 4.41. The quantitative estimate of drug-likeness (QED) is 0.737. The fraction of sp³-hybridized carbons (Fsp3) is 0.300. The van der Waals surface area contributed by atoms with Crippen LogP contribution in [0.3, 0.4) is 0 Å². The zero-order valence-corrected chi connectivity index (χ0v) is 12.7. The van der Waals surface area contributed by atoms with Crippen LogP contribution in [-0.2, 0) is 6.42 Å². The Morgan fingerprint density at radius 3 is 2.38 bits per heavy atom. The second-order valence-corrected chi connectivity index (χ2v) is 5.80. The summed E-state index contributed by atoms with van der Waals surface area (Å²) in [5, 5.41) is 0. The van der Waals surface area contributed by atoms with Crippen molar-refractivity contribution in [2.45, 2.75) is 31.8 Å². The van der Waals surface area contributed by atoms with Gasteiger partial charge in [-0.1, -0.05) is 72.8 Å². The first-order valence-corrected chi connectivity index (χ1v) is 7.86. The van der Waals surface area contributed by atoms with E-state index in [1.807, 2.05) is 0 Å². The van der Waals surface area contributed by atoms with Gasteiger partial charge >= 0.3 is 0 Å². The van der Waals surface area contributed by atoms with E-state index in [-0.39, 0.29) is 0 Å². The summed E-state index contributed by atoms with van der Waals surface area (Å²) in [6, 6.07) is 22.6. The molecule has 2 aromatic rings. The van der Waals surface area contributed by atoms with Gasteiger partial charge in [-0.25, -0.2) is 0 Å². The van der Waals surface area contributed by atoms with Crippen molar-refractivity contribution in [1.29, 1.82) is 0 Å². The molecule has 3 rings (SSSR count). The van der Waals surface area contributed by atoms with Gasteiger partial charge in [-0.05, 0) is 30.9 Å². The highest BCUT2D eigenvalue weighted by Crippen LogP contribution is 2.27. The molecule has 0 saturated heterocycles. The molecule has 1 nitrogen and oxygen atoms in total. The first-order valence-electron chi connectivity index (χ1n) is 7.86. The maximum atomic E-state index is 2.63. The van der Waals surface area contributed by atoms with Crippen molar-refractivity contribution < 1.29 is 0 Å². The number of benzene rings is 2. The number of nitrogens with zero attached hydrogens (tertiary/aromatic N) is 1. The van der Waals surface area contributed by atoms with E-state index in [0.717, 1.165) is 19.4 Å². The van der Waals surface area contributed by atoms with Crippen molar-refractivity contribution in [3.8, 4) is 0 Å². The standard InChI is InChI=1S/C20H23N/c1-17(19-12-6-3-7-13-19)21-15-9-8-14-20(21)16-18-10-4-2-5-11-18/h2-8,10-14,17,20H,9,15-16H2,1H3/t17-,20+/m0/s1. The van der Waals surface area contributed by atoms with Crippen LogP contribution in [0.4, 0.5) is 0 Å². The molecule has 108 valence electrons. The molecular weight excluding hydrogens is 254 g/mol. The highest BCUT2D eigenvalue weighted by atomic mass is 15.2. The number of hydrogen-bond donors (Lipinski definition) is 0. The molecule has 0 bridgehead atoms. The van der Waals surface area contributed by atoms with Gasteiger partial charge in [-0.15, -0.1) is 0 Å². The highest BCUT2D eigenvalue weighted by Gasteiger charge is 2.24. The van der Waals surface area contributed by atoms with Crippen LogP contribution in [0, 0.1) is 0 Å². The molecule has 2 atom stereocenters. The molecule has 0 amide bonds. The molecule has 0 saturated carbocycles. The van der Waals surface area contributed by atoms with Crippen LogP contribution < -0.4 is 0 Å². The maximum absolute atomic E-state index is 2.63. The minimum absolute atomic E-state index is 0.463. The molecule has 0 aliphatic carbocycles. The SMILES string of the molecule is C[C@@H](c1ccccc1)N1CCC=C[C@@H]1Cc1ccccc1. The maximum Gasteiger partial charge on any atom is 0.0326 e. The lowest BCUT2D eigenvalue weighted by Gasteiger charge is -2.37. The van der Waals surface area contributed by atoms with Crippen LogP contribution in [-0.4, -0.2) is 17.5 Å². The first-order chi connectivity index (χ1) is 10.3. The summed E-state index contributed by atoms with van der Waals surface area (Å²) in [5.41, 5.74) is 2.82. The molecule has 1 heterocycles.